The maximum atomic E-state index is 13.6. The minimum Gasteiger partial charge on any atom is -0.313 e. The monoisotopic (exact) mass is 485 g/mol. The summed E-state index contributed by atoms with van der Waals surface area (Å²) in [6.07, 6.45) is 0. The van der Waals surface area contributed by atoms with Crippen LogP contribution >= 0.6 is 11.8 Å². The lowest BCUT2D eigenvalue weighted by Crippen LogP contribution is -2.38. The standard InChI is InChI=1S/C25H20FN7OS/c1-16-23(17-11-13-18(26)14-12-17)24(28-21-10-6-5-9-20(21)27-16)29-22(34)15-35-25-30-31-32-33(25)19-7-3-2-4-8-19/h2-14,23H,15H2,1H3,(H,28,29,34). The first-order valence-corrected chi connectivity index (χ1v) is 11.8. The van der Waals surface area contributed by atoms with Gasteiger partial charge in [-0.15, -0.1) is 5.10 Å². The van der Waals surface area contributed by atoms with Gasteiger partial charge in [-0.2, -0.15) is 4.68 Å². The Morgan fingerprint density at radius 2 is 1.66 bits per heavy atom. The second-order valence-corrected chi connectivity index (χ2v) is 8.71. The van der Waals surface area contributed by atoms with Crippen LogP contribution in [0.3, 0.4) is 0 Å². The van der Waals surface area contributed by atoms with Gasteiger partial charge in [0.15, 0.2) is 0 Å². The first-order valence-electron chi connectivity index (χ1n) is 10.8. The summed E-state index contributed by atoms with van der Waals surface area (Å²) in [5.41, 5.74) is 3.67. The van der Waals surface area contributed by atoms with E-state index >= 15 is 0 Å². The van der Waals surface area contributed by atoms with E-state index in [1.54, 1.807) is 16.8 Å². The second kappa shape index (κ2) is 9.98. The van der Waals surface area contributed by atoms with Crippen LogP contribution in [-0.2, 0) is 4.79 Å². The summed E-state index contributed by atoms with van der Waals surface area (Å²) < 4.78 is 15.2. The summed E-state index contributed by atoms with van der Waals surface area (Å²) in [7, 11) is 0. The molecule has 2 heterocycles. The molecule has 1 unspecified atom stereocenters. The summed E-state index contributed by atoms with van der Waals surface area (Å²) in [5, 5.41) is 15.2. The molecule has 0 aliphatic carbocycles. The number of aliphatic imine (C=N–C) groups is 2. The van der Waals surface area contributed by atoms with E-state index in [1.807, 2.05) is 61.5 Å². The Hall–Kier alpha value is -4.18. The summed E-state index contributed by atoms with van der Waals surface area (Å²) >= 11 is 1.22. The quantitative estimate of drug-likeness (QED) is 0.416. The van der Waals surface area contributed by atoms with Crippen LogP contribution in [0.5, 0.6) is 0 Å². The van der Waals surface area contributed by atoms with Crippen molar-refractivity contribution in [3.8, 4) is 5.69 Å². The average Bonchev–Trinajstić information content (AvgIpc) is 3.29. The number of benzene rings is 3. The largest absolute Gasteiger partial charge is 0.313 e. The van der Waals surface area contributed by atoms with Gasteiger partial charge in [-0.1, -0.05) is 54.2 Å². The number of fused-ring (bicyclic) bond motifs is 1. The number of halogens is 1. The van der Waals surface area contributed by atoms with E-state index in [4.69, 9.17) is 9.98 Å². The van der Waals surface area contributed by atoms with Crippen molar-refractivity contribution in [2.45, 2.75) is 18.0 Å². The maximum Gasteiger partial charge on any atom is 0.235 e. The van der Waals surface area contributed by atoms with Gasteiger partial charge in [0.1, 0.15) is 11.7 Å². The molecule has 0 saturated carbocycles. The molecule has 3 aromatic carbocycles. The number of thioether (sulfide) groups is 1. The van der Waals surface area contributed by atoms with Crippen LogP contribution < -0.4 is 5.32 Å². The number of para-hydroxylation sites is 3. The minimum atomic E-state index is -0.438. The molecule has 0 radical (unpaired) electrons. The van der Waals surface area contributed by atoms with Gasteiger partial charge in [0.2, 0.25) is 11.1 Å². The number of hydrogen-bond donors (Lipinski definition) is 1. The van der Waals surface area contributed by atoms with Gasteiger partial charge < -0.3 is 5.32 Å². The molecule has 0 bridgehead atoms. The van der Waals surface area contributed by atoms with E-state index in [1.165, 1.54) is 23.9 Å². The zero-order chi connectivity index (χ0) is 24.2. The lowest BCUT2D eigenvalue weighted by atomic mass is 9.93. The number of carbonyl (C=O) groups excluding carboxylic acids is 1. The molecule has 8 nitrogen and oxygen atoms in total. The van der Waals surface area contributed by atoms with E-state index in [9.17, 15) is 9.18 Å². The maximum absolute atomic E-state index is 13.6. The van der Waals surface area contributed by atoms with Crippen LogP contribution in [0, 0.1) is 5.82 Å². The molecule has 1 atom stereocenters. The number of hydrogen-bond acceptors (Lipinski definition) is 7. The molecule has 0 fully saturated rings. The van der Waals surface area contributed by atoms with Crippen molar-refractivity contribution in [1.29, 1.82) is 0 Å². The SMILES string of the molecule is CC1=Nc2ccccc2N=C(NC(=O)CSc2nnnn2-c2ccccc2)C1c1ccc(F)cc1. The third-order valence-corrected chi connectivity index (χ3v) is 6.27. The predicted octanol–water partition coefficient (Wildman–Crippen LogP) is 4.63. The normalized spacial score (nSPS) is 15.0. The molecular weight excluding hydrogens is 465 g/mol. The molecule has 1 aromatic heterocycles. The fraction of sp³-hybridized carbons (Fsp3) is 0.120. The van der Waals surface area contributed by atoms with E-state index in [2.05, 4.69) is 20.8 Å². The lowest BCUT2D eigenvalue weighted by Gasteiger charge is -2.19. The molecule has 0 saturated heterocycles. The van der Waals surface area contributed by atoms with E-state index in [-0.39, 0.29) is 17.5 Å². The topological polar surface area (TPSA) is 97.4 Å². The Morgan fingerprint density at radius 1 is 0.971 bits per heavy atom. The number of amidine groups is 1. The van der Waals surface area contributed by atoms with E-state index in [0.717, 1.165) is 17.0 Å². The number of nitrogens with zero attached hydrogens (tertiary/aromatic N) is 6. The highest BCUT2D eigenvalue weighted by Crippen LogP contribution is 2.34. The molecule has 174 valence electrons. The zero-order valence-corrected chi connectivity index (χ0v) is 19.5. The summed E-state index contributed by atoms with van der Waals surface area (Å²) in [4.78, 5) is 22.5. The summed E-state index contributed by atoms with van der Waals surface area (Å²) in [6.45, 7) is 1.88. The van der Waals surface area contributed by atoms with E-state index in [0.29, 0.717) is 22.4 Å². The van der Waals surface area contributed by atoms with Crippen LogP contribution in [0.4, 0.5) is 15.8 Å². The van der Waals surface area contributed by atoms with E-state index < -0.39 is 5.92 Å². The summed E-state index contributed by atoms with van der Waals surface area (Å²) in [5.74, 6) is -0.547. The Labute approximate surface area is 205 Å². The smallest absolute Gasteiger partial charge is 0.235 e. The van der Waals surface area contributed by atoms with Crippen molar-refractivity contribution in [3.63, 3.8) is 0 Å². The zero-order valence-electron chi connectivity index (χ0n) is 18.7. The predicted molar refractivity (Wildman–Crippen MR) is 133 cm³/mol. The van der Waals surface area contributed by atoms with Crippen LogP contribution in [0.2, 0.25) is 0 Å². The Morgan fingerprint density at radius 3 is 2.40 bits per heavy atom. The van der Waals surface area contributed by atoms with Gasteiger partial charge >= 0.3 is 0 Å². The molecule has 1 aliphatic rings. The molecule has 1 amide bonds. The fourth-order valence-corrected chi connectivity index (χ4v) is 4.45. The van der Waals surface area contributed by atoms with Crippen molar-refractivity contribution < 1.29 is 9.18 Å². The minimum absolute atomic E-state index is 0.0696. The highest BCUT2D eigenvalue weighted by Gasteiger charge is 2.27. The molecule has 35 heavy (non-hydrogen) atoms. The molecule has 1 aliphatic heterocycles. The third kappa shape index (κ3) is 5.02. The summed E-state index contributed by atoms with van der Waals surface area (Å²) in [6, 6.07) is 23.0. The number of rotatable bonds is 5. The van der Waals surface area contributed by atoms with Crippen LogP contribution in [0.25, 0.3) is 5.69 Å². The molecular formula is C25H20FN7OS. The highest BCUT2D eigenvalue weighted by atomic mass is 32.2. The molecule has 1 N–H and O–H groups in total. The lowest BCUT2D eigenvalue weighted by molar-refractivity contribution is -0.117. The second-order valence-electron chi connectivity index (χ2n) is 7.77. The van der Waals surface area contributed by atoms with Crippen molar-refractivity contribution in [1.82, 2.24) is 25.5 Å². The fourth-order valence-electron chi connectivity index (χ4n) is 3.76. The molecule has 10 heteroatoms. The van der Waals surface area contributed by atoms with Gasteiger partial charge in [0.25, 0.3) is 0 Å². The highest BCUT2D eigenvalue weighted by molar-refractivity contribution is 7.99. The van der Waals surface area contributed by atoms with Gasteiger partial charge in [0, 0.05) is 5.71 Å². The molecule has 5 rings (SSSR count). The Bertz CT molecular complexity index is 1420. The third-order valence-electron chi connectivity index (χ3n) is 5.36. The first-order chi connectivity index (χ1) is 17.1. The molecule has 0 spiro atoms. The van der Waals surface area contributed by atoms with Gasteiger partial charge in [-0.25, -0.2) is 9.38 Å². The first kappa shape index (κ1) is 22.6. The van der Waals surface area contributed by atoms with Crippen molar-refractivity contribution in [2.24, 2.45) is 9.98 Å². The van der Waals surface area contributed by atoms with Crippen molar-refractivity contribution in [2.75, 3.05) is 5.75 Å². The van der Waals surface area contributed by atoms with Gasteiger partial charge in [-0.3, -0.25) is 9.79 Å². The number of nitrogens with one attached hydrogen (secondary N) is 1. The van der Waals surface area contributed by atoms with Crippen molar-refractivity contribution >= 4 is 40.6 Å². The number of tetrazole rings is 1. The van der Waals surface area contributed by atoms with Crippen molar-refractivity contribution in [3.05, 3.63) is 90.2 Å². The molecule has 4 aromatic rings. The Balaban J connectivity index is 1.40. The van der Waals surface area contributed by atoms with Crippen LogP contribution in [-0.4, -0.2) is 43.4 Å². The van der Waals surface area contributed by atoms with Gasteiger partial charge in [-0.05, 0) is 59.3 Å². The number of aromatic nitrogens is 4. The van der Waals surface area contributed by atoms with Crippen LogP contribution in [0.1, 0.15) is 18.4 Å². The number of carbonyl (C=O) groups is 1. The van der Waals surface area contributed by atoms with Gasteiger partial charge in [0.05, 0.1) is 28.7 Å². The van der Waals surface area contributed by atoms with Crippen LogP contribution in [0.15, 0.2) is 94.0 Å². The average molecular weight is 486 g/mol. The Kier molecular flexibility index (Phi) is 6.44. The number of amides is 1.